The first-order valence-corrected chi connectivity index (χ1v) is 9.27. The molecule has 3 aromatic rings. The van der Waals surface area contributed by atoms with Gasteiger partial charge in [0, 0.05) is 9.86 Å². The Bertz CT molecular complexity index is 989. The molecule has 0 saturated heterocycles. The summed E-state index contributed by atoms with van der Waals surface area (Å²) in [6, 6.07) is 16.3. The van der Waals surface area contributed by atoms with E-state index in [9.17, 15) is 8.42 Å². The van der Waals surface area contributed by atoms with Crippen LogP contribution in [0.5, 0.6) is 5.75 Å². The van der Waals surface area contributed by atoms with Crippen LogP contribution in [0.1, 0.15) is 11.1 Å². The maximum Gasteiger partial charge on any atom is 0.339 e. The summed E-state index contributed by atoms with van der Waals surface area (Å²) in [5.74, 6) is 0.336. The fourth-order valence-electron chi connectivity index (χ4n) is 2.46. The summed E-state index contributed by atoms with van der Waals surface area (Å²) in [4.78, 5) is 0.186. The van der Waals surface area contributed by atoms with Crippen LogP contribution in [0.15, 0.2) is 64.0 Å². The molecule has 0 atom stereocenters. The normalized spacial score (nSPS) is 11.6. The average Bonchev–Trinajstić information content (AvgIpc) is 2.51. The largest absolute Gasteiger partial charge is 0.378 e. The van der Waals surface area contributed by atoms with Gasteiger partial charge in [0.15, 0.2) is 5.75 Å². The number of benzene rings is 3. The van der Waals surface area contributed by atoms with Crippen molar-refractivity contribution in [2.24, 2.45) is 0 Å². The molecule has 0 heterocycles. The van der Waals surface area contributed by atoms with Gasteiger partial charge in [-0.15, -0.1) is 0 Å². The van der Waals surface area contributed by atoms with Crippen LogP contribution in [-0.4, -0.2) is 8.42 Å². The molecule has 3 nitrogen and oxygen atoms in total. The van der Waals surface area contributed by atoms with Crippen LogP contribution in [0.4, 0.5) is 0 Å². The van der Waals surface area contributed by atoms with E-state index in [1.807, 2.05) is 37.3 Å². The lowest BCUT2D eigenvalue weighted by Gasteiger charge is -2.12. The fourth-order valence-corrected chi connectivity index (χ4v) is 4.16. The summed E-state index contributed by atoms with van der Waals surface area (Å²) in [6.07, 6.45) is 0. The topological polar surface area (TPSA) is 43.4 Å². The molecule has 0 N–H and O–H groups in total. The van der Waals surface area contributed by atoms with Crippen molar-refractivity contribution >= 4 is 36.8 Å². The van der Waals surface area contributed by atoms with Gasteiger partial charge in [0.05, 0.1) is 0 Å². The highest BCUT2D eigenvalue weighted by Crippen LogP contribution is 2.30. The third-order valence-electron chi connectivity index (χ3n) is 3.67. The smallest absolute Gasteiger partial charge is 0.339 e. The van der Waals surface area contributed by atoms with Gasteiger partial charge < -0.3 is 4.18 Å². The summed E-state index contributed by atoms with van der Waals surface area (Å²) in [6.45, 7) is 3.60. The van der Waals surface area contributed by atoms with Gasteiger partial charge in [-0.25, -0.2) is 0 Å². The van der Waals surface area contributed by atoms with Gasteiger partial charge >= 0.3 is 10.1 Å². The van der Waals surface area contributed by atoms with E-state index in [1.165, 1.54) is 0 Å². The minimum atomic E-state index is -3.90. The molecular weight excluding hydrogens is 376 g/mol. The number of halogens is 1. The molecular formula is C18H15BrO3S. The van der Waals surface area contributed by atoms with Crippen molar-refractivity contribution in [1.29, 1.82) is 0 Å². The van der Waals surface area contributed by atoms with E-state index in [1.54, 1.807) is 31.2 Å². The lowest BCUT2D eigenvalue weighted by Crippen LogP contribution is -2.12. The predicted molar refractivity (Wildman–Crippen MR) is 95.4 cm³/mol. The van der Waals surface area contributed by atoms with E-state index < -0.39 is 10.1 Å². The van der Waals surface area contributed by atoms with Crippen LogP contribution in [0.25, 0.3) is 10.8 Å². The minimum Gasteiger partial charge on any atom is -0.378 e. The van der Waals surface area contributed by atoms with Crippen LogP contribution < -0.4 is 4.18 Å². The van der Waals surface area contributed by atoms with Gasteiger partial charge in [-0.05, 0) is 48.6 Å². The molecule has 23 heavy (non-hydrogen) atoms. The minimum absolute atomic E-state index is 0.186. The van der Waals surface area contributed by atoms with Crippen molar-refractivity contribution in [1.82, 2.24) is 0 Å². The molecule has 0 fully saturated rings. The second-order valence-electron chi connectivity index (χ2n) is 5.38. The highest BCUT2D eigenvalue weighted by molar-refractivity contribution is 9.10. The van der Waals surface area contributed by atoms with Crippen molar-refractivity contribution in [3.8, 4) is 5.75 Å². The molecule has 5 heteroatoms. The second-order valence-corrected chi connectivity index (χ2v) is 7.75. The van der Waals surface area contributed by atoms with Crippen LogP contribution >= 0.6 is 15.9 Å². The first-order chi connectivity index (χ1) is 10.9. The Kier molecular flexibility index (Phi) is 4.17. The number of fused-ring (bicyclic) bond motifs is 1. The number of aryl methyl sites for hydroxylation is 2. The number of hydrogen-bond donors (Lipinski definition) is 0. The molecule has 0 aliphatic carbocycles. The Labute approximate surface area is 144 Å². The van der Waals surface area contributed by atoms with E-state index in [0.29, 0.717) is 11.3 Å². The van der Waals surface area contributed by atoms with Crippen molar-refractivity contribution in [3.63, 3.8) is 0 Å². The van der Waals surface area contributed by atoms with Crippen molar-refractivity contribution < 1.29 is 12.6 Å². The lowest BCUT2D eigenvalue weighted by atomic mass is 10.1. The van der Waals surface area contributed by atoms with Gasteiger partial charge in [-0.1, -0.05) is 52.3 Å². The van der Waals surface area contributed by atoms with E-state index in [0.717, 1.165) is 20.8 Å². The fraction of sp³-hybridized carbons (Fsp3) is 0.111. The van der Waals surface area contributed by atoms with Crippen LogP contribution in [0.2, 0.25) is 0 Å². The first-order valence-electron chi connectivity index (χ1n) is 7.07. The Morgan fingerprint density at radius 2 is 1.61 bits per heavy atom. The molecule has 0 spiro atoms. The van der Waals surface area contributed by atoms with Gasteiger partial charge in [0.1, 0.15) is 4.90 Å². The standard InChI is InChI=1S/C18H15BrO3S/c1-12-11-18(13(2)10-16(12)19)23(20,21)22-17-9-5-7-14-6-3-4-8-15(14)17/h3-11H,1-2H3. The van der Waals surface area contributed by atoms with Crippen molar-refractivity contribution in [2.75, 3.05) is 0 Å². The van der Waals surface area contributed by atoms with E-state index in [-0.39, 0.29) is 4.90 Å². The SMILES string of the molecule is Cc1cc(S(=O)(=O)Oc2cccc3ccccc23)c(C)cc1Br. The monoisotopic (exact) mass is 390 g/mol. The lowest BCUT2D eigenvalue weighted by molar-refractivity contribution is 0.488. The summed E-state index contributed by atoms with van der Waals surface area (Å²) >= 11 is 3.41. The predicted octanol–water partition coefficient (Wildman–Crippen LogP) is 4.99. The van der Waals surface area contributed by atoms with Crippen LogP contribution in [0, 0.1) is 13.8 Å². The maximum absolute atomic E-state index is 12.7. The van der Waals surface area contributed by atoms with Crippen molar-refractivity contribution in [3.05, 3.63) is 70.2 Å². The molecule has 3 rings (SSSR count). The van der Waals surface area contributed by atoms with E-state index in [4.69, 9.17) is 4.18 Å². The molecule has 0 aliphatic heterocycles. The Hall–Kier alpha value is -1.85. The molecule has 118 valence electrons. The summed E-state index contributed by atoms with van der Waals surface area (Å²) in [7, 11) is -3.90. The van der Waals surface area contributed by atoms with Crippen LogP contribution in [0.3, 0.4) is 0 Å². The Morgan fingerprint density at radius 1 is 0.913 bits per heavy atom. The molecule has 0 unspecified atom stereocenters. The van der Waals surface area contributed by atoms with Gasteiger partial charge in [0.2, 0.25) is 0 Å². The zero-order valence-corrected chi connectivity index (χ0v) is 15.1. The zero-order valence-electron chi connectivity index (χ0n) is 12.7. The third-order valence-corrected chi connectivity index (χ3v) is 5.91. The van der Waals surface area contributed by atoms with Gasteiger partial charge in [-0.3, -0.25) is 0 Å². The molecule has 0 aliphatic rings. The van der Waals surface area contributed by atoms with Gasteiger partial charge in [-0.2, -0.15) is 8.42 Å². The summed E-state index contributed by atoms with van der Waals surface area (Å²) in [5, 5.41) is 1.70. The van der Waals surface area contributed by atoms with Crippen LogP contribution in [-0.2, 0) is 10.1 Å². The Balaban J connectivity index is 2.09. The molecule has 0 radical (unpaired) electrons. The number of hydrogen-bond acceptors (Lipinski definition) is 3. The third kappa shape index (κ3) is 3.12. The Morgan fingerprint density at radius 3 is 2.39 bits per heavy atom. The quantitative estimate of drug-likeness (QED) is 0.591. The first kappa shape index (κ1) is 16.0. The number of rotatable bonds is 3. The highest BCUT2D eigenvalue weighted by atomic mass is 79.9. The van der Waals surface area contributed by atoms with E-state index in [2.05, 4.69) is 15.9 Å². The summed E-state index contributed by atoms with van der Waals surface area (Å²) in [5.41, 5.74) is 1.48. The molecule has 0 amide bonds. The van der Waals surface area contributed by atoms with Gasteiger partial charge in [0.25, 0.3) is 0 Å². The molecule has 0 bridgehead atoms. The zero-order chi connectivity index (χ0) is 16.6. The van der Waals surface area contributed by atoms with Crippen molar-refractivity contribution in [2.45, 2.75) is 18.7 Å². The second kappa shape index (κ2) is 5.98. The average molecular weight is 391 g/mol. The molecule has 3 aromatic carbocycles. The molecule has 0 saturated carbocycles. The molecule has 0 aromatic heterocycles. The maximum atomic E-state index is 12.7. The summed E-state index contributed by atoms with van der Waals surface area (Å²) < 4.78 is 31.7. The highest BCUT2D eigenvalue weighted by Gasteiger charge is 2.21. The van der Waals surface area contributed by atoms with E-state index >= 15 is 0 Å².